The Morgan fingerprint density at radius 2 is 1.54 bits per heavy atom. The zero-order chi connectivity index (χ0) is 43.8. The molecule has 0 radical (unpaired) electrons. The molecule has 14 atom stereocenters. The summed E-state index contributed by atoms with van der Waals surface area (Å²) in [5, 5.41) is 69.3. The highest BCUT2D eigenvalue weighted by Gasteiger charge is 2.53. The molecule has 4 fully saturated rings. The minimum Gasteiger partial charge on any atom is -0.547 e. The summed E-state index contributed by atoms with van der Waals surface area (Å²) in [5.74, 6) is -2.53. The number of nitrogens with one attached hydrogen (secondary N) is 1. The third-order valence-electron chi connectivity index (χ3n) is 11.6. The van der Waals surface area contributed by atoms with Crippen molar-refractivity contribution in [1.29, 1.82) is 0 Å². The molecular formula is C42H56NO18-. The van der Waals surface area contributed by atoms with Crippen LogP contribution in [0, 0.1) is 5.92 Å². The van der Waals surface area contributed by atoms with Crippen molar-refractivity contribution in [2.45, 2.75) is 138 Å². The lowest BCUT2D eigenvalue weighted by Gasteiger charge is -2.47. The van der Waals surface area contributed by atoms with Crippen molar-refractivity contribution in [3.8, 4) is 11.5 Å². The van der Waals surface area contributed by atoms with Gasteiger partial charge in [-0.3, -0.25) is 4.79 Å². The number of benzene rings is 2. The van der Waals surface area contributed by atoms with Crippen LogP contribution in [0.3, 0.4) is 0 Å². The van der Waals surface area contributed by atoms with Crippen molar-refractivity contribution >= 4 is 23.5 Å². The minimum atomic E-state index is -1.81. The molecule has 3 heterocycles. The van der Waals surface area contributed by atoms with E-state index in [4.69, 9.17) is 42.6 Å². The summed E-state index contributed by atoms with van der Waals surface area (Å²) in [7, 11) is 2.87. The van der Waals surface area contributed by atoms with Crippen molar-refractivity contribution in [1.82, 2.24) is 0 Å². The number of aliphatic hydroxyl groups is 5. The van der Waals surface area contributed by atoms with Crippen molar-refractivity contribution < 1.29 is 87.7 Å². The maximum Gasteiger partial charge on any atom is 0.338 e. The number of carboxylic acids is 1. The van der Waals surface area contributed by atoms with E-state index < -0.39 is 110 Å². The Labute approximate surface area is 352 Å². The summed E-state index contributed by atoms with van der Waals surface area (Å²) in [5.41, 5.74) is 0.364. The van der Waals surface area contributed by atoms with Gasteiger partial charge in [0.1, 0.15) is 42.7 Å². The van der Waals surface area contributed by atoms with Gasteiger partial charge in [0.15, 0.2) is 36.3 Å². The molecule has 4 aliphatic rings. The number of amides is 1. The number of esters is 1. The molecule has 19 nitrogen and oxygen atoms in total. The summed E-state index contributed by atoms with van der Waals surface area (Å²) in [6.45, 7) is 0.518. The molecule has 14 unspecified atom stereocenters. The van der Waals surface area contributed by atoms with Crippen LogP contribution in [0.25, 0.3) is 0 Å². The molecule has 2 aromatic rings. The second-order valence-corrected chi connectivity index (χ2v) is 15.7. The third kappa shape index (κ3) is 11.2. The van der Waals surface area contributed by atoms with Gasteiger partial charge in [-0.15, -0.1) is 0 Å². The van der Waals surface area contributed by atoms with Crippen LogP contribution in [0.5, 0.6) is 11.5 Å². The van der Waals surface area contributed by atoms with E-state index in [9.17, 15) is 45.0 Å². The van der Waals surface area contributed by atoms with Crippen LogP contribution in [-0.4, -0.2) is 157 Å². The summed E-state index contributed by atoms with van der Waals surface area (Å²) < 4.78 is 53.2. The van der Waals surface area contributed by atoms with Gasteiger partial charge in [-0.05, 0) is 49.9 Å². The van der Waals surface area contributed by atoms with E-state index in [0.717, 1.165) is 32.1 Å². The van der Waals surface area contributed by atoms with Crippen molar-refractivity contribution in [3.63, 3.8) is 0 Å². The maximum absolute atomic E-state index is 14.1. The number of carbonyl (C=O) groups is 3. The highest BCUT2D eigenvalue weighted by Crippen LogP contribution is 2.36. The van der Waals surface area contributed by atoms with Gasteiger partial charge in [-0.2, -0.15) is 0 Å². The summed E-state index contributed by atoms with van der Waals surface area (Å²) in [6, 6.07) is 12.4. The van der Waals surface area contributed by atoms with Gasteiger partial charge in [0.05, 0.1) is 57.3 Å². The normalized spacial score (nSPS) is 33.9. The third-order valence-corrected chi connectivity index (χ3v) is 11.6. The Hall–Kier alpha value is -3.99. The van der Waals surface area contributed by atoms with Crippen molar-refractivity contribution in [2.75, 3.05) is 32.8 Å². The first-order valence-electron chi connectivity index (χ1n) is 20.5. The molecule has 2 aromatic carbocycles. The topological polar surface area (TPSA) is 271 Å². The zero-order valence-electron chi connectivity index (χ0n) is 34.2. The molecule has 3 aliphatic heterocycles. The summed E-state index contributed by atoms with van der Waals surface area (Å²) >= 11 is 0. The monoisotopic (exact) mass is 862 g/mol. The number of rotatable bonds is 16. The van der Waals surface area contributed by atoms with Crippen molar-refractivity contribution in [2.24, 2.45) is 5.92 Å². The second kappa shape index (κ2) is 21.4. The molecule has 6 N–H and O–H groups in total. The number of anilines is 1. The van der Waals surface area contributed by atoms with E-state index in [1.165, 1.54) is 39.3 Å². The largest absolute Gasteiger partial charge is 0.547 e. The van der Waals surface area contributed by atoms with E-state index in [2.05, 4.69) is 5.32 Å². The van der Waals surface area contributed by atoms with E-state index in [1.807, 2.05) is 0 Å². The molecule has 6 rings (SSSR count). The molecule has 1 saturated carbocycles. The number of hydrogen-bond acceptors (Lipinski definition) is 18. The van der Waals surface area contributed by atoms with Gasteiger partial charge >= 0.3 is 5.97 Å². The van der Waals surface area contributed by atoms with Crippen LogP contribution in [0.15, 0.2) is 48.5 Å². The lowest BCUT2D eigenvalue weighted by molar-refractivity contribution is -0.357. The first-order valence-corrected chi connectivity index (χ1v) is 20.5. The van der Waals surface area contributed by atoms with Gasteiger partial charge in [0.2, 0.25) is 0 Å². The molecule has 19 heteroatoms. The zero-order valence-corrected chi connectivity index (χ0v) is 34.2. The standard InChI is InChI=1S/C42H57NO18/c1-21-30(45)32(47)33(48)41(56-21)61-34-26(16-17-55-36(34)38(49)43-24-14-15-25(53-2)27(19-24)54-3)58-42-37(60-40(52)23-12-8-5-9-13-23)35(31(46)29(20-44)59-42)57-28(39(50)51)18-22-10-6-4-7-11-22/h5,8-9,12-15,19,21-22,26,28-37,41-42,44-48H,4,6-7,10-11,16-18,20H2,1-3H3,(H,43,49)(H,50,51)/p-1. The Morgan fingerprint density at radius 3 is 2.21 bits per heavy atom. The molecular weight excluding hydrogens is 806 g/mol. The molecule has 338 valence electrons. The average Bonchev–Trinajstić information content (AvgIpc) is 3.27. The molecule has 0 spiro atoms. The second-order valence-electron chi connectivity index (χ2n) is 15.7. The quantitative estimate of drug-likeness (QED) is 0.119. The Bertz CT molecular complexity index is 1750. The van der Waals surface area contributed by atoms with E-state index >= 15 is 0 Å². The highest BCUT2D eigenvalue weighted by molar-refractivity contribution is 5.95. The number of carboxylic acid groups (broad SMARTS) is 1. The van der Waals surface area contributed by atoms with Gasteiger partial charge < -0.3 is 83.4 Å². The van der Waals surface area contributed by atoms with Crippen LogP contribution in [0.4, 0.5) is 5.69 Å². The SMILES string of the molecule is COc1ccc(NC(=O)C2OCCC(OC3OC(CO)C(O)C(OC(CC4CCCCC4)C(=O)[O-])C3OC(=O)c3ccccc3)C2OC2OC(C)C(O)C(O)C2O)cc1OC. The Balaban J connectivity index is 1.34. The number of hydrogen-bond donors (Lipinski definition) is 6. The molecule has 1 amide bonds. The van der Waals surface area contributed by atoms with Crippen LogP contribution in [0.2, 0.25) is 0 Å². The number of aliphatic hydroxyl groups excluding tert-OH is 5. The maximum atomic E-state index is 14.1. The summed E-state index contributed by atoms with van der Waals surface area (Å²) in [4.78, 5) is 40.4. The van der Waals surface area contributed by atoms with Crippen LogP contribution < -0.4 is 19.9 Å². The predicted molar refractivity (Wildman–Crippen MR) is 207 cm³/mol. The molecule has 3 saturated heterocycles. The van der Waals surface area contributed by atoms with E-state index in [-0.39, 0.29) is 36.6 Å². The van der Waals surface area contributed by atoms with Crippen LogP contribution in [-0.2, 0) is 42.7 Å². The van der Waals surface area contributed by atoms with Gasteiger partial charge in [-0.1, -0.05) is 50.3 Å². The molecule has 0 bridgehead atoms. The smallest absolute Gasteiger partial charge is 0.338 e. The molecule has 0 aromatic heterocycles. The number of carbonyl (C=O) groups excluding carboxylic acids is 3. The average molecular weight is 863 g/mol. The fourth-order valence-corrected chi connectivity index (χ4v) is 8.20. The number of aliphatic carboxylic acids is 1. The Morgan fingerprint density at radius 1 is 0.820 bits per heavy atom. The predicted octanol–water partition coefficient (Wildman–Crippen LogP) is -0.193. The van der Waals surface area contributed by atoms with Gasteiger partial charge in [0.25, 0.3) is 5.91 Å². The highest BCUT2D eigenvalue weighted by atomic mass is 16.8. The van der Waals surface area contributed by atoms with Gasteiger partial charge in [-0.25, -0.2) is 4.79 Å². The number of methoxy groups -OCH3 is 2. The fourth-order valence-electron chi connectivity index (χ4n) is 8.20. The minimum absolute atomic E-state index is 0.0124. The summed E-state index contributed by atoms with van der Waals surface area (Å²) in [6.07, 6.45) is -17.4. The first-order chi connectivity index (χ1) is 29.3. The van der Waals surface area contributed by atoms with Gasteiger partial charge in [0, 0.05) is 11.8 Å². The first kappa shape index (κ1) is 46.5. The lowest BCUT2D eigenvalue weighted by Crippen LogP contribution is -2.65. The molecule has 1 aliphatic carbocycles. The fraction of sp³-hybridized carbons (Fsp3) is 0.643. The van der Waals surface area contributed by atoms with Crippen LogP contribution in [0.1, 0.15) is 62.2 Å². The van der Waals surface area contributed by atoms with E-state index in [1.54, 1.807) is 30.3 Å². The Kier molecular flexibility index (Phi) is 16.3. The van der Waals surface area contributed by atoms with E-state index in [0.29, 0.717) is 11.5 Å². The van der Waals surface area contributed by atoms with Crippen LogP contribution >= 0.6 is 0 Å². The lowest BCUT2D eigenvalue weighted by atomic mass is 9.85. The van der Waals surface area contributed by atoms with Crippen molar-refractivity contribution in [3.05, 3.63) is 54.1 Å². The molecule has 61 heavy (non-hydrogen) atoms. The number of ether oxygens (including phenoxy) is 9.